The normalized spacial score (nSPS) is 11.6. The molecule has 0 spiro atoms. The Morgan fingerprint density at radius 3 is 2.82 bits per heavy atom. The summed E-state index contributed by atoms with van der Waals surface area (Å²) in [7, 11) is 1.54. The molecule has 33 heavy (non-hydrogen) atoms. The molecule has 0 fully saturated rings. The van der Waals surface area contributed by atoms with Crippen LogP contribution in [0.2, 0.25) is 0 Å². The van der Waals surface area contributed by atoms with Crippen LogP contribution in [-0.2, 0) is 11.3 Å². The van der Waals surface area contributed by atoms with Crippen LogP contribution in [0.5, 0.6) is 5.88 Å². The molecule has 0 radical (unpaired) electrons. The Labute approximate surface area is 194 Å². The number of nitrogens with zero attached hydrogens (tertiary/aromatic N) is 5. The van der Waals surface area contributed by atoms with Crippen molar-refractivity contribution in [3.05, 3.63) is 51.8 Å². The molecule has 9 nitrogen and oxygen atoms in total. The number of aromatic nitrogens is 5. The van der Waals surface area contributed by atoms with Gasteiger partial charge in [-0.15, -0.1) is 11.3 Å². The number of amides is 1. The van der Waals surface area contributed by atoms with Crippen LogP contribution in [0.4, 0.5) is 0 Å². The first kappa shape index (κ1) is 22.2. The molecule has 0 saturated carbocycles. The molecule has 0 aromatic carbocycles. The minimum Gasteiger partial charge on any atom is -0.481 e. The molecular weight excluding hydrogens is 438 g/mol. The largest absolute Gasteiger partial charge is 0.481 e. The third-order valence-electron chi connectivity index (χ3n) is 5.16. The van der Waals surface area contributed by atoms with Gasteiger partial charge in [0.25, 0.3) is 0 Å². The van der Waals surface area contributed by atoms with E-state index in [1.165, 1.54) is 6.92 Å². The van der Waals surface area contributed by atoms with Gasteiger partial charge >= 0.3 is 0 Å². The topological polar surface area (TPSA) is 122 Å². The number of fused-ring (bicyclic) bond motifs is 1. The van der Waals surface area contributed by atoms with E-state index in [-0.39, 0.29) is 5.91 Å². The number of imidazole rings is 2. The molecular formula is C23H23N7O2S. The maximum absolute atomic E-state index is 11.4. The summed E-state index contributed by atoms with van der Waals surface area (Å²) >= 11 is 1.64. The van der Waals surface area contributed by atoms with Crippen molar-refractivity contribution in [3.8, 4) is 17.0 Å². The van der Waals surface area contributed by atoms with Gasteiger partial charge in [0.2, 0.25) is 11.8 Å². The lowest BCUT2D eigenvalue weighted by atomic mass is 10.2. The smallest absolute Gasteiger partial charge is 0.217 e. The Kier molecular flexibility index (Phi) is 5.98. The summed E-state index contributed by atoms with van der Waals surface area (Å²) in [5, 5.41) is 13.7. The lowest BCUT2D eigenvalue weighted by Gasteiger charge is -2.09. The van der Waals surface area contributed by atoms with Gasteiger partial charge in [0.05, 0.1) is 35.6 Å². The van der Waals surface area contributed by atoms with Gasteiger partial charge in [-0.3, -0.25) is 9.36 Å². The summed E-state index contributed by atoms with van der Waals surface area (Å²) in [5.74, 6) is 1.60. The summed E-state index contributed by atoms with van der Waals surface area (Å²) in [6, 6.07) is 6.01. The number of ether oxygens (including phenoxy) is 1. The van der Waals surface area contributed by atoms with Gasteiger partial charge in [-0.25, -0.2) is 15.0 Å². The summed E-state index contributed by atoms with van der Waals surface area (Å²) in [6.07, 6.45) is 3.36. The van der Waals surface area contributed by atoms with Crippen LogP contribution in [0, 0.1) is 32.1 Å². The highest BCUT2D eigenvalue weighted by molar-refractivity contribution is 7.14. The number of thiophene rings is 1. The number of carbonyl (C=O) groups excluding carboxylic acids is 1. The Bertz CT molecular complexity index is 1440. The van der Waals surface area contributed by atoms with Crippen LogP contribution in [0.1, 0.15) is 40.4 Å². The maximum atomic E-state index is 11.4. The predicted molar refractivity (Wildman–Crippen MR) is 127 cm³/mol. The third kappa shape index (κ3) is 4.36. The molecule has 4 aromatic heterocycles. The Balaban J connectivity index is 1.75. The minimum atomic E-state index is -0.0789. The lowest BCUT2D eigenvalue weighted by Crippen LogP contribution is -2.19. The number of rotatable bonds is 6. The number of methoxy groups -OCH3 is 1. The van der Waals surface area contributed by atoms with Gasteiger partial charge < -0.3 is 15.0 Å². The zero-order valence-corrected chi connectivity index (χ0v) is 19.8. The Morgan fingerprint density at radius 1 is 1.33 bits per heavy atom. The number of aryl methyl sites for hydroxylation is 2. The number of nitrogens with one attached hydrogen (secondary N) is 2. The molecule has 1 amide bonds. The molecule has 2 N–H and O–H groups in total. The molecule has 0 atom stereocenters. The number of aromatic amines is 1. The number of hydrogen-bond acceptors (Lipinski definition) is 7. The van der Waals surface area contributed by atoms with Crippen molar-refractivity contribution in [1.29, 1.82) is 5.26 Å². The third-order valence-corrected chi connectivity index (χ3v) is 6.24. The number of carbonyl (C=O) groups is 1. The second-order valence-electron chi connectivity index (χ2n) is 7.56. The van der Waals surface area contributed by atoms with Crippen LogP contribution in [0.3, 0.4) is 0 Å². The monoisotopic (exact) mass is 461 g/mol. The van der Waals surface area contributed by atoms with E-state index in [0.717, 1.165) is 27.0 Å². The lowest BCUT2D eigenvalue weighted by molar-refractivity contribution is -0.119. The fraction of sp³-hybridized carbons (Fsp3) is 0.261. The van der Waals surface area contributed by atoms with Crippen molar-refractivity contribution in [3.63, 3.8) is 0 Å². The van der Waals surface area contributed by atoms with Crippen molar-refractivity contribution in [2.45, 2.75) is 34.2 Å². The van der Waals surface area contributed by atoms with Crippen molar-refractivity contribution in [2.24, 2.45) is 0 Å². The van der Waals surface area contributed by atoms with Crippen molar-refractivity contribution < 1.29 is 9.53 Å². The standard InChI is InChI=1S/C23H23N7O2S/c1-12-6-17(10-25-15(4)31)23(33-12)30-13(2)18(27-14(30)3)7-16(9-24)22-28-19-8-21(32-5)26-11-20(19)29-22/h6-8,11H,10H2,1-5H3,(H,25,31)(H,28,29)/b16-7+. The van der Waals surface area contributed by atoms with Gasteiger partial charge in [-0.05, 0) is 32.9 Å². The average Bonchev–Trinajstić information content (AvgIpc) is 3.44. The van der Waals surface area contributed by atoms with E-state index in [1.54, 1.807) is 36.8 Å². The zero-order chi connectivity index (χ0) is 23.7. The average molecular weight is 462 g/mol. The second-order valence-corrected chi connectivity index (χ2v) is 8.80. The second kappa shape index (κ2) is 8.88. The molecule has 0 aliphatic rings. The molecule has 168 valence electrons. The number of pyridine rings is 1. The number of allylic oxidation sites excluding steroid dienone is 1. The molecule has 0 aliphatic carbocycles. The van der Waals surface area contributed by atoms with Gasteiger partial charge in [0.15, 0.2) is 0 Å². The summed E-state index contributed by atoms with van der Waals surface area (Å²) in [4.78, 5) is 29.1. The number of nitriles is 1. The van der Waals surface area contributed by atoms with Crippen LogP contribution < -0.4 is 10.1 Å². The predicted octanol–water partition coefficient (Wildman–Crippen LogP) is 3.84. The van der Waals surface area contributed by atoms with Gasteiger partial charge in [-0.2, -0.15) is 5.26 Å². The molecule has 0 bridgehead atoms. The maximum Gasteiger partial charge on any atom is 0.217 e. The minimum absolute atomic E-state index is 0.0789. The molecule has 0 saturated heterocycles. The first-order chi connectivity index (χ1) is 15.8. The number of H-pyrrole nitrogens is 1. The number of hydrogen-bond donors (Lipinski definition) is 2. The Morgan fingerprint density at radius 2 is 2.12 bits per heavy atom. The molecule has 10 heteroatoms. The molecule has 4 aromatic rings. The van der Waals surface area contributed by atoms with E-state index in [0.29, 0.717) is 40.5 Å². The van der Waals surface area contributed by atoms with E-state index < -0.39 is 0 Å². The SMILES string of the molecule is COc1cc2nc(/C(C#N)=C/c3nc(C)n(-c4sc(C)cc4CNC(C)=O)c3C)[nH]c2cn1. The Hall–Kier alpha value is -3.97. The molecule has 4 heterocycles. The van der Waals surface area contributed by atoms with E-state index in [9.17, 15) is 10.1 Å². The first-order valence-electron chi connectivity index (χ1n) is 10.2. The van der Waals surface area contributed by atoms with Crippen LogP contribution in [0.25, 0.3) is 27.7 Å². The van der Waals surface area contributed by atoms with Gasteiger partial charge in [-0.1, -0.05) is 0 Å². The van der Waals surface area contributed by atoms with Crippen molar-refractivity contribution in [1.82, 2.24) is 29.8 Å². The fourth-order valence-corrected chi connectivity index (χ4v) is 4.74. The summed E-state index contributed by atoms with van der Waals surface area (Å²) < 4.78 is 7.21. The molecule has 0 unspecified atom stereocenters. The van der Waals surface area contributed by atoms with E-state index >= 15 is 0 Å². The quantitative estimate of drug-likeness (QED) is 0.421. The fourth-order valence-electron chi connectivity index (χ4n) is 3.61. The highest BCUT2D eigenvalue weighted by Crippen LogP contribution is 2.30. The highest BCUT2D eigenvalue weighted by Gasteiger charge is 2.18. The van der Waals surface area contributed by atoms with E-state index in [1.807, 2.05) is 20.8 Å². The first-order valence-corrected chi connectivity index (χ1v) is 11.0. The van der Waals surface area contributed by atoms with E-state index in [2.05, 4.69) is 37.0 Å². The van der Waals surface area contributed by atoms with Crippen LogP contribution >= 0.6 is 11.3 Å². The van der Waals surface area contributed by atoms with Gasteiger partial charge in [0.1, 0.15) is 22.7 Å². The van der Waals surface area contributed by atoms with Crippen LogP contribution in [-0.4, -0.2) is 37.5 Å². The summed E-state index contributed by atoms with van der Waals surface area (Å²) in [6.45, 7) is 7.87. The van der Waals surface area contributed by atoms with Crippen molar-refractivity contribution >= 4 is 39.9 Å². The van der Waals surface area contributed by atoms with Gasteiger partial charge in [0, 0.05) is 35.7 Å². The highest BCUT2D eigenvalue weighted by atomic mass is 32.1. The molecule has 0 aliphatic heterocycles. The zero-order valence-electron chi connectivity index (χ0n) is 19.0. The summed E-state index contributed by atoms with van der Waals surface area (Å²) in [5.41, 5.74) is 4.32. The van der Waals surface area contributed by atoms with Crippen LogP contribution in [0.15, 0.2) is 18.3 Å². The van der Waals surface area contributed by atoms with Crippen molar-refractivity contribution in [2.75, 3.05) is 7.11 Å². The molecule has 4 rings (SSSR count). The van der Waals surface area contributed by atoms with E-state index in [4.69, 9.17) is 9.72 Å².